The Bertz CT molecular complexity index is 328. The van der Waals surface area contributed by atoms with E-state index in [1.807, 2.05) is 13.2 Å². The Hall–Kier alpha value is -1.09. The van der Waals surface area contributed by atoms with Crippen LogP contribution in [0.5, 0.6) is 5.75 Å². The third kappa shape index (κ3) is 5.05. The van der Waals surface area contributed by atoms with Crippen molar-refractivity contribution in [3.05, 3.63) is 24.0 Å². The van der Waals surface area contributed by atoms with E-state index >= 15 is 0 Å². The predicted molar refractivity (Wildman–Crippen MR) is 76.0 cm³/mol. The average Bonchev–Trinajstić information content (AvgIpc) is 2.42. The Kier molecular flexibility index (Phi) is 7.42. The van der Waals surface area contributed by atoms with Gasteiger partial charge in [-0.3, -0.25) is 4.98 Å². The summed E-state index contributed by atoms with van der Waals surface area (Å²) >= 11 is 0. The molecule has 1 rings (SSSR count). The van der Waals surface area contributed by atoms with Crippen molar-refractivity contribution in [3.8, 4) is 5.75 Å². The normalized spacial score (nSPS) is 12.4. The fraction of sp³-hybridized carbons (Fsp3) is 0.667. The SMILES string of the molecule is CCCCCC(NC)c1cncc(OCCC)c1. The molecule has 0 aliphatic rings. The molecule has 102 valence electrons. The first-order valence-electron chi connectivity index (χ1n) is 7.06. The summed E-state index contributed by atoms with van der Waals surface area (Å²) in [6.07, 6.45) is 9.71. The number of nitrogens with one attached hydrogen (secondary N) is 1. The van der Waals surface area contributed by atoms with Crippen molar-refractivity contribution in [2.45, 2.75) is 52.0 Å². The van der Waals surface area contributed by atoms with Gasteiger partial charge in [-0.2, -0.15) is 0 Å². The van der Waals surface area contributed by atoms with E-state index in [1.54, 1.807) is 6.20 Å². The van der Waals surface area contributed by atoms with E-state index in [9.17, 15) is 0 Å². The van der Waals surface area contributed by atoms with Crippen molar-refractivity contribution in [2.75, 3.05) is 13.7 Å². The van der Waals surface area contributed by atoms with Crippen LogP contribution in [0.15, 0.2) is 18.5 Å². The van der Waals surface area contributed by atoms with Crippen molar-refractivity contribution < 1.29 is 4.74 Å². The second-order valence-electron chi connectivity index (χ2n) is 4.64. The van der Waals surface area contributed by atoms with Crippen LogP contribution in [-0.2, 0) is 0 Å². The van der Waals surface area contributed by atoms with E-state index < -0.39 is 0 Å². The van der Waals surface area contributed by atoms with Crippen molar-refractivity contribution in [1.82, 2.24) is 10.3 Å². The van der Waals surface area contributed by atoms with E-state index in [0.29, 0.717) is 6.04 Å². The molecule has 1 unspecified atom stereocenters. The smallest absolute Gasteiger partial charge is 0.137 e. The van der Waals surface area contributed by atoms with Crippen LogP contribution in [0.4, 0.5) is 0 Å². The molecule has 1 N–H and O–H groups in total. The number of pyridine rings is 1. The van der Waals surface area contributed by atoms with E-state index in [2.05, 4.69) is 30.2 Å². The van der Waals surface area contributed by atoms with Crippen molar-refractivity contribution in [2.24, 2.45) is 0 Å². The summed E-state index contributed by atoms with van der Waals surface area (Å²) in [5.74, 6) is 0.880. The van der Waals surface area contributed by atoms with Gasteiger partial charge in [-0.05, 0) is 31.5 Å². The highest BCUT2D eigenvalue weighted by Crippen LogP contribution is 2.22. The minimum atomic E-state index is 0.384. The summed E-state index contributed by atoms with van der Waals surface area (Å²) in [6.45, 7) is 5.10. The minimum Gasteiger partial charge on any atom is -0.492 e. The first-order valence-corrected chi connectivity index (χ1v) is 7.06. The Balaban J connectivity index is 2.60. The maximum Gasteiger partial charge on any atom is 0.137 e. The maximum atomic E-state index is 5.63. The van der Waals surface area contributed by atoms with Gasteiger partial charge < -0.3 is 10.1 Å². The molecule has 3 heteroatoms. The van der Waals surface area contributed by atoms with Gasteiger partial charge in [0, 0.05) is 12.2 Å². The highest BCUT2D eigenvalue weighted by molar-refractivity contribution is 5.26. The molecule has 1 aromatic rings. The van der Waals surface area contributed by atoms with Gasteiger partial charge >= 0.3 is 0 Å². The van der Waals surface area contributed by atoms with Crippen molar-refractivity contribution >= 4 is 0 Å². The lowest BCUT2D eigenvalue weighted by atomic mass is 10.0. The van der Waals surface area contributed by atoms with Crippen LogP contribution in [-0.4, -0.2) is 18.6 Å². The van der Waals surface area contributed by atoms with Crippen molar-refractivity contribution in [3.63, 3.8) is 0 Å². The standard InChI is InChI=1S/C15H26N2O/c1-4-6-7-8-15(16-3)13-10-14(12-17-11-13)18-9-5-2/h10-12,15-16H,4-9H2,1-3H3. The number of ether oxygens (including phenoxy) is 1. The van der Waals surface area contributed by atoms with Gasteiger partial charge in [-0.25, -0.2) is 0 Å². The van der Waals surface area contributed by atoms with Gasteiger partial charge in [0.25, 0.3) is 0 Å². The van der Waals surface area contributed by atoms with Gasteiger partial charge in [-0.15, -0.1) is 0 Å². The van der Waals surface area contributed by atoms with Crippen LogP contribution in [0.3, 0.4) is 0 Å². The molecule has 0 aromatic carbocycles. The molecular weight excluding hydrogens is 224 g/mol. The minimum absolute atomic E-state index is 0.384. The van der Waals surface area contributed by atoms with Crippen LogP contribution < -0.4 is 10.1 Å². The number of aromatic nitrogens is 1. The lowest BCUT2D eigenvalue weighted by Crippen LogP contribution is -2.16. The second-order valence-corrected chi connectivity index (χ2v) is 4.64. The second kappa shape index (κ2) is 8.92. The number of nitrogens with zero attached hydrogens (tertiary/aromatic N) is 1. The molecule has 0 fully saturated rings. The lowest BCUT2D eigenvalue weighted by molar-refractivity contribution is 0.315. The van der Waals surface area contributed by atoms with Crippen LogP contribution >= 0.6 is 0 Å². The molecule has 18 heavy (non-hydrogen) atoms. The number of unbranched alkanes of at least 4 members (excludes halogenated alkanes) is 2. The van der Waals surface area contributed by atoms with E-state index in [1.165, 1.54) is 24.8 Å². The molecule has 0 saturated heterocycles. The molecule has 1 aromatic heterocycles. The maximum absolute atomic E-state index is 5.63. The van der Waals surface area contributed by atoms with Gasteiger partial charge in [0.2, 0.25) is 0 Å². The summed E-state index contributed by atoms with van der Waals surface area (Å²) < 4.78 is 5.63. The van der Waals surface area contributed by atoms with Crippen LogP contribution in [0.2, 0.25) is 0 Å². The zero-order chi connectivity index (χ0) is 13.2. The highest BCUT2D eigenvalue weighted by Gasteiger charge is 2.10. The van der Waals surface area contributed by atoms with Crippen LogP contribution in [0, 0.1) is 0 Å². The van der Waals surface area contributed by atoms with Gasteiger partial charge in [-0.1, -0.05) is 33.1 Å². The summed E-state index contributed by atoms with van der Waals surface area (Å²) in [7, 11) is 2.01. The Morgan fingerprint density at radius 1 is 1.22 bits per heavy atom. The monoisotopic (exact) mass is 250 g/mol. The Morgan fingerprint density at radius 3 is 2.72 bits per heavy atom. The van der Waals surface area contributed by atoms with Crippen LogP contribution in [0.1, 0.15) is 57.6 Å². The number of rotatable bonds is 9. The Morgan fingerprint density at radius 2 is 2.06 bits per heavy atom. The molecule has 0 bridgehead atoms. The fourth-order valence-corrected chi connectivity index (χ4v) is 2.00. The summed E-state index contributed by atoms with van der Waals surface area (Å²) in [4.78, 5) is 4.27. The van der Waals surface area contributed by atoms with E-state index in [-0.39, 0.29) is 0 Å². The molecule has 0 spiro atoms. The Labute approximate surface area is 111 Å². The average molecular weight is 250 g/mol. The molecular formula is C15H26N2O. The molecule has 0 radical (unpaired) electrons. The molecule has 0 amide bonds. The molecule has 3 nitrogen and oxygen atoms in total. The number of hydrogen-bond donors (Lipinski definition) is 1. The molecule has 1 heterocycles. The molecule has 1 atom stereocenters. The third-order valence-electron chi connectivity index (χ3n) is 3.05. The van der Waals surface area contributed by atoms with E-state index in [4.69, 9.17) is 4.74 Å². The number of hydrogen-bond acceptors (Lipinski definition) is 3. The predicted octanol–water partition coefficient (Wildman–Crippen LogP) is 3.71. The van der Waals surface area contributed by atoms with Crippen molar-refractivity contribution in [1.29, 1.82) is 0 Å². The zero-order valence-electron chi connectivity index (χ0n) is 11.9. The zero-order valence-corrected chi connectivity index (χ0v) is 11.9. The van der Waals surface area contributed by atoms with Gasteiger partial charge in [0.05, 0.1) is 12.8 Å². The fourth-order valence-electron chi connectivity index (χ4n) is 2.00. The quantitative estimate of drug-likeness (QED) is 0.678. The largest absolute Gasteiger partial charge is 0.492 e. The molecule has 0 aliphatic heterocycles. The molecule has 0 aliphatic carbocycles. The van der Waals surface area contributed by atoms with Gasteiger partial charge in [0.1, 0.15) is 5.75 Å². The summed E-state index contributed by atoms with van der Waals surface area (Å²) in [5.41, 5.74) is 1.22. The summed E-state index contributed by atoms with van der Waals surface area (Å²) in [6, 6.07) is 2.49. The molecule has 0 saturated carbocycles. The topological polar surface area (TPSA) is 34.2 Å². The van der Waals surface area contributed by atoms with E-state index in [0.717, 1.165) is 25.2 Å². The van der Waals surface area contributed by atoms with Gasteiger partial charge in [0.15, 0.2) is 0 Å². The third-order valence-corrected chi connectivity index (χ3v) is 3.05. The highest BCUT2D eigenvalue weighted by atomic mass is 16.5. The van der Waals surface area contributed by atoms with Crippen LogP contribution in [0.25, 0.3) is 0 Å². The first-order chi connectivity index (χ1) is 8.81. The summed E-state index contributed by atoms with van der Waals surface area (Å²) in [5, 5.41) is 3.37. The first kappa shape index (κ1) is 15.0. The lowest BCUT2D eigenvalue weighted by Gasteiger charge is -2.17.